The monoisotopic (exact) mass is 317 g/mol. The lowest BCUT2D eigenvalue weighted by Crippen LogP contribution is -2.43. The van der Waals surface area contributed by atoms with Gasteiger partial charge in [0.1, 0.15) is 0 Å². The molecule has 1 aliphatic heterocycles. The summed E-state index contributed by atoms with van der Waals surface area (Å²) < 4.78 is 27.3. The van der Waals surface area contributed by atoms with E-state index in [2.05, 4.69) is 26.4 Å². The minimum absolute atomic E-state index is 0.400. The van der Waals surface area contributed by atoms with Crippen molar-refractivity contribution in [1.82, 2.24) is 13.9 Å². The maximum Gasteiger partial charge on any atom is 0.278 e. The van der Waals surface area contributed by atoms with Crippen LogP contribution in [0.1, 0.15) is 18.4 Å². The van der Waals surface area contributed by atoms with Crippen molar-refractivity contribution in [2.75, 3.05) is 33.7 Å². The first kappa shape index (κ1) is 15.9. The van der Waals surface area contributed by atoms with Crippen LogP contribution in [-0.2, 0) is 16.8 Å². The lowest BCUT2D eigenvalue weighted by molar-refractivity contribution is 0.169. The van der Waals surface area contributed by atoms with Crippen molar-refractivity contribution >= 4 is 21.5 Å². The standard InChI is InChI=1S/C13H23N3O2S2/c1-15(2)20(17,18)14-8-12-4-3-6-16(9-12)10-13-5-7-19-11-13/h5,7,11-12,14H,3-4,6,8-10H2,1-2H3. The molecule has 1 N–H and O–H groups in total. The Balaban J connectivity index is 1.82. The molecule has 0 spiro atoms. The van der Waals surface area contributed by atoms with E-state index in [0.717, 1.165) is 32.5 Å². The van der Waals surface area contributed by atoms with E-state index >= 15 is 0 Å². The second-order valence-electron chi connectivity index (χ2n) is 5.51. The molecule has 1 saturated heterocycles. The van der Waals surface area contributed by atoms with Crippen LogP contribution in [0.2, 0.25) is 0 Å². The third-order valence-corrected chi connectivity index (χ3v) is 5.85. The van der Waals surface area contributed by atoms with Gasteiger partial charge in [0, 0.05) is 33.7 Å². The fourth-order valence-electron chi connectivity index (χ4n) is 2.45. The zero-order valence-corrected chi connectivity index (χ0v) is 13.7. The number of likely N-dealkylation sites (tertiary alicyclic amines) is 1. The summed E-state index contributed by atoms with van der Waals surface area (Å²) in [5.74, 6) is 0.400. The van der Waals surface area contributed by atoms with Gasteiger partial charge in [0.25, 0.3) is 10.2 Å². The van der Waals surface area contributed by atoms with Crippen LogP contribution >= 0.6 is 11.3 Å². The number of nitrogens with zero attached hydrogens (tertiary/aromatic N) is 2. The zero-order valence-electron chi connectivity index (χ0n) is 12.1. The molecule has 0 saturated carbocycles. The molecule has 0 amide bonds. The lowest BCUT2D eigenvalue weighted by atomic mass is 9.98. The third-order valence-electron chi connectivity index (χ3n) is 3.62. The first-order valence-corrected chi connectivity index (χ1v) is 9.26. The minimum atomic E-state index is -3.30. The Morgan fingerprint density at radius 1 is 1.50 bits per heavy atom. The summed E-state index contributed by atoms with van der Waals surface area (Å²) in [5, 5.41) is 4.28. The fourth-order valence-corrected chi connectivity index (χ4v) is 3.82. The molecule has 1 unspecified atom stereocenters. The molecule has 1 fully saturated rings. The van der Waals surface area contributed by atoms with Gasteiger partial charge in [-0.25, -0.2) is 4.72 Å². The molecule has 114 valence electrons. The molecular formula is C13H23N3O2S2. The molecule has 7 heteroatoms. The van der Waals surface area contributed by atoms with Gasteiger partial charge in [-0.15, -0.1) is 0 Å². The highest BCUT2D eigenvalue weighted by Gasteiger charge is 2.22. The molecular weight excluding hydrogens is 294 g/mol. The summed E-state index contributed by atoms with van der Waals surface area (Å²) in [6, 6.07) is 2.16. The van der Waals surface area contributed by atoms with Gasteiger partial charge in [-0.05, 0) is 47.7 Å². The summed E-state index contributed by atoms with van der Waals surface area (Å²) in [5.41, 5.74) is 1.35. The molecule has 0 aliphatic carbocycles. The van der Waals surface area contributed by atoms with Crippen molar-refractivity contribution in [3.63, 3.8) is 0 Å². The maximum absolute atomic E-state index is 11.7. The van der Waals surface area contributed by atoms with E-state index in [0.29, 0.717) is 12.5 Å². The van der Waals surface area contributed by atoms with Gasteiger partial charge >= 0.3 is 0 Å². The summed E-state index contributed by atoms with van der Waals surface area (Å²) in [6.07, 6.45) is 2.23. The smallest absolute Gasteiger partial charge is 0.278 e. The summed E-state index contributed by atoms with van der Waals surface area (Å²) in [6.45, 7) is 3.57. The molecule has 0 bridgehead atoms. The van der Waals surface area contributed by atoms with Gasteiger partial charge in [-0.3, -0.25) is 4.90 Å². The highest BCUT2D eigenvalue weighted by Crippen LogP contribution is 2.19. The van der Waals surface area contributed by atoms with Gasteiger partial charge in [0.15, 0.2) is 0 Å². The van der Waals surface area contributed by atoms with Crippen molar-refractivity contribution in [3.05, 3.63) is 22.4 Å². The van der Waals surface area contributed by atoms with Crippen LogP contribution in [0.25, 0.3) is 0 Å². The summed E-state index contributed by atoms with van der Waals surface area (Å²) >= 11 is 1.72. The highest BCUT2D eigenvalue weighted by molar-refractivity contribution is 7.87. The Kier molecular flexibility index (Phi) is 5.57. The summed E-state index contributed by atoms with van der Waals surface area (Å²) in [7, 11) is -0.203. The minimum Gasteiger partial charge on any atom is -0.299 e. The fraction of sp³-hybridized carbons (Fsp3) is 0.692. The number of thiophene rings is 1. The molecule has 1 aliphatic rings. The second-order valence-corrected chi connectivity index (χ2v) is 8.26. The Morgan fingerprint density at radius 3 is 2.95 bits per heavy atom. The van der Waals surface area contributed by atoms with E-state index in [4.69, 9.17) is 0 Å². The molecule has 20 heavy (non-hydrogen) atoms. The van der Waals surface area contributed by atoms with Gasteiger partial charge in [0.2, 0.25) is 0 Å². The lowest BCUT2D eigenvalue weighted by Gasteiger charge is -2.32. The largest absolute Gasteiger partial charge is 0.299 e. The van der Waals surface area contributed by atoms with Crippen molar-refractivity contribution in [3.8, 4) is 0 Å². The number of piperidine rings is 1. The first-order chi connectivity index (χ1) is 9.47. The zero-order chi connectivity index (χ0) is 14.6. The number of hydrogen-bond acceptors (Lipinski definition) is 4. The average molecular weight is 317 g/mol. The van der Waals surface area contributed by atoms with Crippen LogP contribution in [0.3, 0.4) is 0 Å². The third kappa shape index (κ3) is 4.53. The van der Waals surface area contributed by atoms with Crippen LogP contribution in [0.4, 0.5) is 0 Å². The molecule has 0 aromatic carbocycles. The van der Waals surface area contributed by atoms with Crippen molar-refractivity contribution in [2.24, 2.45) is 5.92 Å². The first-order valence-electron chi connectivity index (χ1n) is 6.88. The molecule has 0 radical (unpaired) electrons. The number of nitrogens with one attached hydrogen (secondary N) is 1. The van der Waals surface area contributed by atoms with Gasteiger partial charge in [-0.1, -0.05) is 0 Å². The molecule has 1 aromatic rings. The van der Waals surface area contributed by atoms with E-state index in [9.17, 15) is 8.42 Å². The SMILES string of the molecule is CN(C)S(=O)(=O)NCC1CCCN(Cc2ccsc2)C1. The van der Waals surface area contributed by atoms with Crippen LogP contribution in [0.5, 0.6) is 0 Å². The Labute approximate surface area is 125 Å². The van der Waals surface area contributed by atoms with E-state index in [1.807, 2.05) is 0 Å². The Bertz CT molecular complexity index is 500. The van der Waals surface area contributed by atoms with Gasteiger partial charge < -0.3 is 0 Å². The topological polar surface area (TPSA) is 52.7 Å². The molecule has 2 heterocycles. The second kappa shape index (κ2) is 7.00. The van der Waals surface area contributed by atoms with E-state index in [1.165, 1.54) is 9.87 Å². The van der Waals surface area contributed by atoms with E-state index in [-0.39, 0.29) is 0 Å². The highest BCUT2D eigenvalue weighted by atomic mass is 32.2. The number of hydrogen-bond donors (Lipinski definition) is 1. The van der Waals surface area contributed by atoms with E-state index < -0.39 is 10.2 Å². The molecule has 1 atom stereocenters. The Hall–Kier alpha value is -0.470. The Morgan fingerprint density at radius 2 is 2.30 bits per heavy atom. The van der Waals surface area contributed by atoms with Crippen molar-refractivity contribution < 1.29 is 8.42 Å². The van der Waals surface area contributed by atoms with Crippen molar-refractivity contribution in [2.45, 2.75) is 19.4 Å². The average Bonchev–Trinajstić information content (AvgIpc) is 2.90. The quantitative estimate of drug-likeness (QED) is 0.862. The van der Waals surface area contributed by atoms with Crippen molar-refractivity contribution in [1.29, 1.82) is 0 Å². The maximum atomic E-state index is 11.7. The summed E-state index contributed by atoms with van der Waals surface area (Å²) in [4.78, 5) is 2.42. The number of rotatable bonds is 6. The normalized spacial score (nSPS) is 21.4. The predicted octanol–water partition coefficient (Wildman–Crippen LogP) is 1.36. The predicted molar refractivity (Wildman–Crippen MR) is 82.9 cm³/mol. The molecule has 2 rings (SSSR count). The van der Waals surface area contributed by atoms with Gasteiger partial charge in [0.05, 0.1) is 0 Å². The van der Waals surface area contributed by atoms with Crippen LogP contribution in [0, 0.1) is 5.92 Å². The van der Waals surface area contributed by atoms with Crippen LogP contribution < -0.4 is 4.72 Å². The van der Waals surface area contributed by atoms with Gasteiger partial charge in [-0.2, -0.15) is 24.1 Å². The molecule has 1 aromatic heterocycles. The van der Waals surface area contributed by atoms with Crippen LogP contribution in [0.15, 0.2) is 16.8 Å². The van der Waals surface area contributed by atoms with Crippen LogP contribution in [-0.4, -0.2) is 51.4 Å². The van der Waals surface area contributed by atoms with E-state index in [1.54, 1.807) is 25.4 Å². The molecule has 5 nitrogen and oxygen atoms in total.